The molecule has 33 heavy (non-hydrogen) atoms. The van der Waals surface area contributed by atoms with Gasteiger partial charge in [-0.05, 0) is 55.7 Å². The van der Waals surface area contributed by atoms with Gasteiger partial charge in [-0.3, -0.25) is 19.4 Å². The Labute approximate surface area is 194 Å². The number of aryl methyl sites for hydroxylation is 2. The van der Waals surface area contributed by atoms with Crippen molar-refractivity contribution in [1.82, 2.24) is 0 Å². The summed E-state index contributed by atoms with van der Waals surface area (Å²) in [5.74, 6) is 0.254. The van der Waals surface area contributed by atoms with Crippen LogP contribution < -0.4 is 14.5 Å². The zero-order chi connectivity index (χ0) is 23.5. The number of carbonyl (C=O) groups excluding carboxylic acids is 2. The van der Waals surface area contributed by atoms with E-state index >= 15 is 0 Å². The quantitative estimate of drug-likeness (QED) is 0.550. The van der Waals surface area contributed by atoms with Gasteiger partial charge in [-0.2, -0.15) is 0 Å². The number of ether oxygens (including phenoxy) is 1. The average molecular weight is 441 g/mol. The molecule has 1 heterocycles. The minimum Gasteiger partial charge on any atom is -0.495 e. The molecule has 3 aromatic rings. The summed E-state index contributed by atoms with van der Waals surface area (Å²) >= 11 is 0. The molecule has 0 bridgehead atoms. The minimum absolute atomic E-state index is 0.0539. The zero-order valence-electron chi connectivity index (χ0n) is 19.4. The van der Waals surface area contributed by atoms with Gasteiger partial charge in [0.1, 0.15) is 18.3 Å². The van der Waals surface area contributed by atoms with Crippen molar-refractivity contribution >= 4 is 29.3 Å². The molecule has 168 valence electrons. The largest absolute Gasteiger partial charge is 0.495 e. The predicted octanol–water partition coefficient (Wildman–Crippen LogP) is 5.16. The smallest absolute Gasteiger partial charge is 0.255 e. The van der Waals surface area contributed by atoms with E-state index in [1.165, 1.54) is 4.90 Å². The summed E-state index contributed by atoms with van der Waals surface area (Å²) in [5, 5.41) is 0. The Morgan fingerprint density at radius 3 is 2.33 bits per heavy atom. The van der Waals surface area contributed by atoms with Crippen LogP contribution in [0.4, 0.5) is 11.4 Å². The summed E-state index contributed by atoms with van der Waals surface area (Å²) in [6.07, 6.45) is 1.97. The second-order valence-electron chi connectivity index (χ2n) is 8.35. The third-order valence-corrected chi connectivity index (χ3v) is 5.93. The van der Waals surface area contributed by atoms with Gasteiger partial charge in [0.25, 0.3) is 5.91 Å². The van der Waals surface area contributed by atoms with Crippen molar-refractivity contribution in [2.24, 2.45) is 0 Å². The summed E-state index contributed by atoms with van der Waals surface area (Å²) in [6.45, 7) is 5.84. The maximum absolute atomic E-state index is 14.0. The van der Waals surface area contributed by atoms with E-state index < -0.39 is 6.04 Å². The van der Waals surface area contributed by atoms with E-state index in [9.17, 15) is 9.59 Å². The first-order valence-corrected chi connectivity index (χ1v) is 11.0. The van der Waals surface area contributed by atoms with Crippen molar-refractivity contribution in [2.45, 2.75) is 26.8 Å². The molecule has 1 aliphatic heterocycles. The van der Waals surface area contributed by atoms with E-state index in [2.05, 4.69) is 0 Å². The van der Waals surface area contributed by atoms with Crippen LogP contribution in [0.25, 0.3) is 6.08 Å². The molecule has 4 rings (SSSR count). The van der Waals surface area contributed by atoms with Crippen LogP contribution in [0, 0.1) is 13.8 Å². The number of benzene rings is 3. The van der Waals surface area contributed by atoms with Gasteiger partial charge in [0.05, 0.1) is 12.8 Å². The normalized spacial score (nSPS) is 16.8. The summed E-state index contributed by atoms with van der Waals surface area (Å²) in [4.78, 5) is 30.7. The highest BCUT2D eigenvalue weighted by atomic mass is 16.5. The molecule has 1 saturated heterocycles. The summed E-state index contributed by atoms with van der Waals surface area (Å²) in [7, 11) is 1.56. The van der Waals surface area contributed by atoms with E-state index in [-0.39, 0.29) is 18.4 Å². The number of amides is 2. The second kappa shape index (κ2) is 9.33. The molecular formula is C28H28N2O3. The van der Waals surface area contributed by atoms with E-state index in [0.29, 0.717) is 11.4 Å². The van der Waals surface area contributed by atoms with Crippen LogP contribution in [0.15, 0.2) is 78.4 Å². The molecule has 1 aliphatic rings. The second-order valence-corrected chi connectivity index (χ2v) is 8.35. The first kappa shape index (κ1) is 22.3. The Balaban J connectivity index is 1.84. The number of para-hydroxylation sites is 2. The molecule has 3 aromatic carbocycles. The van der Waals surface area contributed by atoms with E-state index in [4.69, 9.17) is 4.74 Å². The molecule has 0 unspecified atom stereocenters. The molecule has 0 spiro atoms. The van der Waals surface area contributed by atoms with Crippen LogP contribution in [0.1, 0.15) is 23.6 Å². The van der Waals surface area contributed by atoms with Crippen LogP contribution in [-0.4, -0.2) is 31.5 Å². The number of rotatable bonds is 5. The highest BCUT2D eigenvalue weighted by molar-refractivity contribution is 6.16. The molecule has 5 nitrogen and oxygen atoms in total. The highest BCUT2D eigenvalue weighted by Gasteiger charge is 2.42. The van der Waals surface area contributed by atoms with Gasteiger partial charge in [-0.1, -0.05) is 66.2 Å². The van der Waals surface area contributed by atoms with Crippen molar-refractivity contribution in [3.8, 4) is 5.75 Å². The van der Waals surface area contributed by atoms with Crippen LogP contribution in [0.5, 0.6) is 5.75 Å². The fraction of sp³-hybridized carbons (Fsp3) is 0.214. The van der Waals surface area contributed by atoms with Crippen molar-refractivity contribution in [2.75, 3.05) is 23.5 Å². The van der Waals surface area contributed by atoms with E-state index in [1.54, 1.807) is 18.1 Å². The minimum atomic E-state index is -0.766. The molecule has 1 atom stereocenters. The Morgan fingerprint density at radius 1 is 0.939 bits per heavy atom. The Bertz CT molecular complexity index is 1220. The Kier molecular flexibility index (Phi) is 6.31. The first-order chi connectivity index (χ1) is 15.9. The van der Waals surface area contributed by atoms with Gasteiger partial charge in [0, 0.05) is 5.69 Å². The van der Waals surface area contributed by atoms with Crippen LogP contribution >= 0.6 is 0 Å². The van der Waals surface area contributed by atoms with E-state index in [1.807, 2.05) is 93.6 Å². The van der Waals surface area contributed by atoms with Gasteiger partial charge in [-0.25, -0.2) is 0 Å². The Hall–Kier alpha value is -3.86. The molecular weight excluding hydrogens is 412 g/mol. The van der Waals surface area contributed by atoms with Gasteiger partial charge in [0.15, 0.2) is 0 Å². The van der Waals surface area contributed by atoms with Gasteiger partial charge in [-0.15, -0.1) is 0 Å². The van der Waals surface area contributed by atoms with Gasteiger partial charge >= 0.3 is 0 Å². The molecule has 0 aromatic heterocycles. The van der Waals surface area contributed by atoms with Crippen molar-refractivity contribution in [3.63, 3.8) is 0 Å². The maximum Gasteiger partial charge on any atom is 0.255 e. The topological polar surface area (TPSA) is 49.9 Å². The predicted molar refractivity (Wildman–Crippen MR) is 133 cm³/mol. The van der Waals surface area contributed by atoms with Crippen molar-refractivity contribution in [3.05, 3.63) is 95.1 Å². The SMILES string of the molecule is COc1ccccc1N1CC(=O)N(c2ccc(C)cc2C)[C@@H](/C(C)=C/c2ccccc2)C1=O. The number of carbonyl (C=O) groups is 2. The monoisotopic (exact) mass is 440 g/mol. The number of hydrogen-bond acceptors (Lipinski definition) is 3. The lowest BCUT2D eigenvalue weighted by Crippen LogP contribution is -2.61. The maximum atomic E-state index is 14.0. The lowest BCUT2D eigenvalue weighted by molar-refractivity contribution is -0.127. The number of anilines is 2. The third kappa shape index (κ3) is 4.40. The van der Waals surface area contributed by atoms with Crippen molar-refractivity contribution < 1.29 is 14.3 Å². The van der Waals surface area contributed by atoms with Crippen molar-refractivity contribution in [1.29, 1.82) is 0 Å². The highest BCUT2D eigenvalue weighted by Crippen LogP contribution is 2.35. The van der Waals surface area contributed by atoms with Gasteiger partial charge < -0.3 is 4.74 Å². The molecule has 0 aliphatic carbocycles. The molecule has 2 amide bonds. The zero-order valence-corrected chi connectivity index (χ0v) is 19.4. The number of piperazine rings is 1. The fourth-order valence-electron chi connectivity index (χ4n) is 4.39. The number of hydrogen-bond donors (Lipinski definition) is 0. The standard InChI is InChI=1S/C28H28N2O3/c1-19-14-15-23(20(2)16-19)30-26(31)18-29(24-12-8-9-13-25(24)33-4)28(32)27(30)21(3)17-22-10-6-5-7-11-22/h5-17,27H,18H2,1-4H3/b21-17+/t27-/m0/s1. The molecule has 5 heteroatoms. The Morgan fingerprint density at radius 2 is 1.64 bits per heavy atom. The molecule has 0 radical (unpaired) electrons. The lowest BCUT2D eigenvalue weighted by Gasteiger charge is -2.41. The summed E-state index contributed by atoms with van der Waals surface area (Å²) in [5.41, 5.74) is 5.18. The molecule has 0 saturated carbocycles. The summed E-state index contributed by atoms with van der Waals surface area (Å²) < 4.78 is 5.48. The fourth-order valence-corrected chi connectivity index (χ4v) is 4.39. The van der Waals surface area contributed by atoms with Crippen LogP contribution in [0.3, 0.4) is 0 Å². The summed E-state index contributed by atoms with van der Waals surface area (Å²) in [6, 6.07) is 22.3. The molecule has 1 fully saturated rings. The third-order valence-electron chi connectivity index (χ3n) is 5.93. The first-order valence-electron chi connectivity index (χ1n) is 11.0. The van der Waals surface area contributed by atoms with Crippen LogP contribution in [-0.2, 0) is 9.59 Å². The number of methoxy groups -OCH3 is 1. The molecule has 0 N–H and O–H groups in total. The average Bonchev–Trinajstić information content (AvgIpc) is 2.81. The lowest BCUT2D eigenvalue weighted by atomic mass is 9.97. The van der Waals surface area contributed by atoms with Crippen LogP contribution in [0.2, 0.25) is 0 Å². The van der Waals surface area contributed by atoms with E-state index in [0.717, 1.165) is 28.0 Å². The van der Waals surface area contributed by atoms with Gasteiger partial charge in [0.2, 0.25) is 5.91 Å². The number of nitrogens with zero attached hydrogens (tertiary/aromatic N) is 2.